The first kappa shape index (κ1) is 19.6. The van der Waals surface area contributed by atoms with Gasteiger partial charge in [0.25, 0.3) is 5.17 Å². The molecular weight excluding hydrogens is 289 g/mol. The van der Waals surface area contributed by atoms with Crippen LogP contribution in [0.25, 0.3) is 0 Å². The van der Waals surface area contributed by atoms with Crippen LogP contribution in [0.3, 0.4) is 0 Å². The molecule has 0 fully saturated rings. The minimum absolute atomic E-state index is 0.0412. The Balaban J connectivity index is 0.00000191. The van der Waals surface area contributed by atoms with E-state index < -0.39 is 0 Å². The lowest BCUT2D eigenvalue weighted by molar-refractivity contribution is 0.131. The van der Waals surface area contributed by atoms with E-state index in [-0.39, 0.29) is 22.7 Å². The van der Waals surface area contributed by atoms with Crippen LogP contribution in [0.1, 0.15) is 48.5 Å². The third-order valence-corrected chi connectivity index (χ3v) is 2.14. The van der Waals surface area contributed by atoms with Gasteiger partial charge < -0.3 is 14.8 Å². The van der Waals surface area contributed by atoms with E-state index in [0.29, 0.717) is 11.4 Å². The first-order valence-electron chi connectivity index (χ1n) is 7.13. The number of halogens is 1. The number of thiocarbonyl (C=S) groups is 1. The molecule has 1 aromatic rings. The standard InChI is InChI=1S/C14H20FNO2S.C2H6/c1-9(2)17-13(19)16-11-8-10(15)6-7-12(11)18-14(3,4)5;1-2/h6-9H,1-5H3,(H,16,19);1-2H3. The van der Waals surface area contributed by atoms with Crippen LogP contribution in [0.2, 0.25) is 0 Å². The fourth-order valence-electron chi connectivity index (χ4n) is 1.37. The molecule has 0 radical (unpaired) electrons. The van der Waals surface area contributed by atoms with Crippen molar-refractivity contribution in [1.82, 2.24) is 0 Å². The van der Waals surface area contributed by atoms with Crippen molar-refractivity contribution < 1.29 is 13.9 Å². The van der Waals surface area contributed by atoms with Crippen molar-refractivity contribution in [3.8, 4) is 5.75 Å². The maximum absolute atomic E-state index is 13.3. The number of rotatable bonds is 3. The number of nitrogens with one attached hydrogen (secondary N) is 1. The molecular formula is C16H26FNO2S. The zero-order valence-electron chi connectivity index (χ0n) is 13.9. The van der Waals surface area contributed by atoms with Crippen LogP contribution >= 0.6 is 12.2 Å². The Morgan fingerprint density at radius 2 is 1.81 bits per heavy atom. The fourth-order valence-corrected chi connectivity index (χ4v) is 1.67. The van der Waals surface area contributed by atoms with E-state index in [2.05, 4.69) is 5.32 Å². The molecule has 21 heavy (non-hydrogen) atoms. The Labute approximate surface area is 132 Å². The summed E-state index contributed by atoms with van der Waals surface area (Å²) < 4.78 is 24.4. The van der Waals surface area contributed by atoms with Gasteiger partial charge in [-0.2, -0.15) is 0 Å². The average Bonchev–Trinajstić information content (AvgIpc) is 2.32. The molecule has 1 rings (SSSR count). The SMILES string of the molecule is CC.CC(C)OC(=S)Nc1cc(F)ccc1OC(C)(C)C. The predicted molar refractivity (Wildman–Crippen MR) is 90.6 cm³/mol. The molecule has 0 unspecified atom stereocenters. The highest BCUT2D eigenvalue weighted by Crippen LogP contribution is 2.29. The molecule has 0 saturated carbocycles. The second-order valence-electron chi connectivity index (χ2n) is 5.43. The van der Waals surface area contributed by atoms with Crippen molar-refractivity contribution in [2.45, 2.75) is 60.2 Å². The van der Waals surface area contributed by atoms with Gasteiger partial charge in [0.15, 0.2) is 0 Å². The van der Waals surface area contributed by atoms with E-state index in [1.807, 2.05) is 48.5 Å². The normalized spacial score (nSPS) is 10.5. The summed E-state index contributed by atoms with van der Waals surface area (Å²) in [6, 6.07) is 4.25. The quantitative estimate of drug-likeness (QED) is 0.781. The Morgan fingerprint density at radius 3 is 2.29 bits per heavy atom. The van der Waals surface area contributed by atoms with Crippen molar-refractivity contribution in [3.63, 3.8) is 0 Å². The smallest absolute Gasteiger partial charge is 0.261 e. The summed E-state index contributed by atoms with van der Waals surface area (Å²) in [5, 5.41) is 3.04. The monoisotopic (exact) mass is 315 g/mol. The van der Waals surface area contributed by atoms with Gasteiger partial charge in [0.2, 0.25) is 0 Å². The number of benzene rings is 1. The second-order valence-corrected chi connectivity index (χ2v) is 5.80. The minimum atomic E-state index is -0.380. The van der Waals surface area contributed by atoms with Gasteiger partial charge in [-0.05, 0) is 59.0 Å². The molecule has 0 saturated heterocycles. The van der Waals surface area contributed by atoms with Gasteiger partial charge in [-0.1, -0.05) is 13.8 Å². The highest BCUT2D eigenvalue weighted by atomic mass is 32.1. The van der Waals surface area contributed by atoms with Gasteiger partial charge in [-0.3, -0.25) is 0 Å². The molecule has 1 aromatic carbocycles. The fraction of sp³-hybridized carbons (Fsp3) is 0.562. The second kappa shape index (κ2) is 8.82. The Morgan fingerprint density at radius 1 is 1.24 bits per heavy atom. The molecule has 0 amide bonds. The minimum Gasteiger partial charge on any atom is -0.486 e. The summed E-state index contributed by atoms with van der Waals surface area (Å²) in [4.78, 5) is 0. The van der Waals surface area contributed by atoms with E-state index in [4.69, 9.17) is 21.7 Å². The van der Waals surface area contributed by atoms with Gasteiger partial charge in [0.05, 0.1) is 11.8 Å². The zero-order valence-corrected chi connectivity index (χ0v) is 14.7. The molecule has 5 heteroatoms. The number of hydrogen-bond acceptors (Lipinski definition) is 3. The molecule has 0 aromatic heterocycles. The van der Waals surface area contributed by atoms with Crippen LogP contribution in [0, 0.1) is 5.82 Å². The summed E-state index contributed by atoms with van der Waals surface area (Å²) in [5.74, 6) is 0.166. The van der Waals surface area contributed by atoms with E-state index in [1.54, 1.807) is 6.07 Å². The molecule has 1 N–H and O–H groups in total. The largest absolute Gasteiger partial charge is 0.486 e. The van der Waals surface area contributed by atoms with Crippen LogP contribution < -0.4 is 10.1 Å². The van der Waals surface area contributed by atoms with E-state index in [1.165, 1.54) is 12.1 Å². The average molecular weight is 315 g/mol. The number of ether oxygens (including phenoxy) is 2. The molecule has 0 aliphatic carbocycles. The van der Waals surface area contributed by atoms with E-state index in [9.17, 15) is 4.39 Å². The summed E-state index contributed by atoms with van der Waals surface area (Å²) in [6.45, 7) is 13.5. The lowest BCUT2D eigenvalue weighted by atomic mass is 10.2. The maximum atomic E-state index is 13.3. The van der Waals surface area contributed by atoms with Gasteiger partial charge in [-0.25, -0.2) is 4.39 Å². The summed E-state index contributed by atoms with van der Waals surface area (Å²) >= 11 is 5.05. The summed E-state index contributed by atoms with van der Waals surface area (Å²) in [7, 11) is 0. The van der Waals surface area contributed by atoms with Crippen molar-refractivity contribution in [2.75, 3.05) is 5.32 Å². The van der Waals surface area contributed by atoms with E-state index >= 15 is 0 Å². The topological polar surface area (TPSA) is 30.5 Å². The Kier molecular flexibility index (Phi) is 8.25. The van der Waals surface area contributed by atoms with Crippen LogP contribution in [0.5, 0.6) is 5.75 Å². The van der Waals surface area contributed by atoms with Crippen molar-refractivity contribution in [2.24, 2.45) is 0 Å². The van der Waals surface area contributed by atoms with E-state index in [0.717, 1.165) is 0 Å². The van der Waals surface area contributed by atoms with Gasteiger partial charge in [0, 0.05) is 6.07 Å². The molecule has 0 aliphatic rings. The Bertz CT molecular complexity index is 456. The zero-order chi connectivity index (χ0) is 16.6. The molecule has 0 spiro atoms. The first-order chi connectivity index (χ1) is 9.67. The molecule has 0 heterocycles. The lowest BCUT2D eigenvalue weighted by Gasteiger charge is -2.24. The molecule has 0 bridgehead atoms. The van der Waals surface area contributed by atoms with Crippen LogP contribution in [-0.2, 0) is 4.74 Å². The summed E-state index contributed by atoms with van der Waals surface area (Å²) in [6.07, 6.45) is -0.0412. The Hall–Kier alpha value is -1.36. The van der Waals surface area contributed by atoms with Crippen LogP contribution in [0.15, 0.2) is 18.2 Å². The predicted octanol–water partition coefficient (Wildman–Crippen LogP) is 5.15. The van der Waals surface area contributed by atoms with Gasteiger partial charge in [0.1, 0.15) is 17.2 Å². The maximum Gasteiger partial charge on any atom is 0.261 e. The molecule has 3 nitrogen and oxygen atoms in total. The number of anilines is 1. The van der Waals surface area contributed by atoms with Gasteiger partial charge in [-0.15, -0.1) is 0 Å². The van der Waals surface area contributed by atoms with Crippen molar-refractivity contribution in [1.29, 1.82) is 0 Å². The highest BCUT2D eigenvalue weighted by molar-refractivity contribution is 7.80. The first-order valence-corrected chi connectivity index (χ1v) is 7.54. The van der Waals surface area contributed by atoms with Crippen molar-refractivity contribution in [3.05, 3.63) is 24.0 Å². The molecule has 0 aliphatic heterocycles. The van der Waals surface area contributed by atoms with Gasteiger partial charge >= 0.3 is 0 Å². The lowest BCUT2D eigenvalue weighted by Crippen LogP contribution is -2.24. The highest BCUT2D eigenvalue weighted by Gasteiger charge is 2.16. The summed E-state index contributed by atoms with van der Waals surface area (Å²) in [5.41, 5.74) is 0.0787. The number of hydrogen-bond donors (Lipinski definition) is 1. The molecule has 0 atom stereocenters. The van der Waals surface area contributed by atoms with Crippen LogP contribution in [-0.4, -0.2) is 16.9 Å². The molecule has 120 valence electrons. The third kappa shape index (κ3) is 8.50. The van der Waals surface area contributed by atoms with Crippen molar-refractivity contribution >= 4 is 23.1 Å². The van der Waals surface area contributed by atoms with Crippen LogP contribution in [0.4, 0.5) is 10.1 Å². The third-order valence-electron chi connectivity index (χ3n) is 1.94.